The third-order valence-electron chi connectivity index (χ3n) is 3.46. The number of carboxylic acids is 1. The number of carbonyl (C=O) groups is 2. The molecule has 1 heterocycles. The van der Waals surface area contributed by atoms with E-state index in [4.69, 9.17) is 16.7 Å². The normalized spacial score (nSPS) is 17.9. The van der Waals surface area contributed by atoms with Gasteiger partial charge in [-0.2, -0.15) is 8.78 Å². The van der Waals surface area contributed by atoms with Crippen molar-refractivity contribution in [3.63, 3.8) is 0 Å². The van der Waals surface area contributed by atoms with E-state index in [1.54, 1.807) is 0 Å². The van der Waals surface area contributed by atoms with Gasteiger partial charge in [0.2, 0.25) is 0 Å². The summed E-state index contributed by atoms with van der Waals surface area (Å²) in [6, 6.07) is 3.45. The summed E-state index contributed by atoms with van der Waals surface area (Å²) in [7, 11) is 0. The van der Waals surface area contributed by atoms with Crippen LogP contribution in [0.3, 0.4) is 0 Å². The van der Waals surface area contributed by atoms with E-state index in [0.717, 1.165) is 0 Å². The minimum atomic E-state index is -3.03. The quantitative estimate of drug-likeness (QED) is 0.875. The zero-order valence-corrected chi connectivity index (χ0v) is 12.7. The number of hydrogen-bond acceptors (Lipinski definition) is 3. The van der Waals surface area contributed by atoms with Crippen LogP contribution in [-0.2, 0) is 4.79 Å². The molecule has 9 heteroatoms. The van der Waals surface area contributed by atoms with Gasteiger partial charge >= 0.3 is 18.6 Å². The molecule has 23 heavy (non-hydrogen) atoms. The molecule has 0 aromatic heterocycles. The first kappa shape index (κ1) is 17.3. The molecule has 126 valence electrons. The van der Waals surface area contributed by atoms with Gasteiger partial charge in [-0.1, -0.05) is 11.6 Å². The van der Waals surface area contributed by atoms with E-state index >= 15 is 0 Å². The van der Waals surface area contributed by atoms with E-state index in [1.165, 1.54) is 23.1 Å². The van der Waals surface area contributed by atoms with E-state index in [-0.39, 0.29) is 23.0 Å². The fraction of sp³-hybridized carbons (Fsp3) is 0.429. The molecule has 0 radical (unpaired) electrons. The number of amides is 2. The first-order chi connectivity index (χ1) is 10.9. The standard InChI is InChI=1S/C14H15ClF2N2O4/c15-10-4-3-9(6-11(10)23-13(16)17)18-14(22)19-5-1-2-8(7-19)12(20)21/h3-4,6,8,13H,1-2,5,7H2,(H,18,22)(H,20,21). The number of hydrogen-bond donors (Lipinski definition) is 2. The number of carbonyl (C=O) groups excluding carboxylic acids is 1. The van der Waals surface area contributed by atoms with Crippen LogP contribution < -0.4 is 10.1 Å². The fourth-order valence-corrected chi connectivity index (χ4v) is 2.50. The molecule has 1 aromatic carbocycles. The number of nitrogens with zero attached hydrogens (tertiary/aromatic N) is 1. The highest BCUT2D eigenvalue weighted by Gasteiger charge is 2.28. The molecule has 1 saturated heterocycles. The summed E-state index contributed by atoms with van der Waals surface area (Å²) in [6.07, 6.45) is 1.11. The number of rotatable bonds is 4. The summed E-state index contributed by atoms with van der Waals surface area (Å²) in [5.41, 5.74) is 0.229. The number of nitrogens with one attached hydrogen (secondary N) is 1. The number of likely N-dealkylation sites (tertiary alicyclic amines) is 1. The molecule has 2 amide bonds. The fourth-order valence-electron chi connectivity index (χ4n) is 2.33. The zero-order chi connectivity index (χ0) is 17.0. The highest BCUT2D eigenvalue weighted by atomic mass is 35.5. The number of halogens is 3. The van der Waals surface area contributed by atoms with Gasteiger partial charge in [0, 0.05) is 24.8 Å². The lowest BCUT2D eigenvalue weighted by molar-refractivity contribution is -0.143. The summed E-state index contributed by atoms with van der Waals surface area (Å²) in [5, 5.41) is 11.5. The molecule has 0 saturated carbocycles. The molecule has 2 rings (SSSR count). The molecule has 6 nitrogen and oxygen atoms in total. The SMILES string of the molecule is O=C(O)C1CCCN(C(=O)Nc2ccc(Cl)c(OC(F)F)c2)C1. The molecule has 2 N–H and O–H groups in total. The number of ether oxygens (including phenoxy) is 1. The van der Waals surface area contributed by atoms with Crippen molar-refractivity contribution in [1.82, 2.24) is 4.90 Å². The monoisotopic (exact) mass is 348 g/mol. The van der Waals surface area contributed by atoms with Crippen molar-refractivity contribution in [2.24, 2.45) is 5.92 Å². The second-order valence-electron chi connectivity index (χ2n) is 5.08. The summed E-state index contributed by atoms with van der Waals surface area (Å²) in [5.74, 6) is -1.79. The Morgan fingerprint density at radius 2 is 2.17 bits per heavy atom. The number of aliphatic carboxylic acids is 1. The third-order valence-corrected chi connectivity index (χ3v) is 3.77. The van der Waals surface area contributed by atoms with Gasteiger partial charge in [0.15, 0.2) is 0 Å². The number of urea groups is 1. The highest BCUT2D eigenvalue weighted by molar-refractivity contribution is 6.32. The topological polar surface area (TPSA) is 78.9 Å². The van der Waals surface area contributed by atoms with E-state index in [9.17, 15) is 18.4 Å². The number of carboxylic acid groups (broad SMARTS) is 1. The number of benzene rings is 1. The molecule has 1 aliphatic rings. The average molecular weight is 349 g/mol. The van der Waals surface area contributed by atoms with Crippen molar-refractivity contribution in [3.05, 3.63) is 23.2 Å². The minimum absolute atomic E-state index is 0.00721. The molecule has 1 atom stereocenters. The molecular weight excluding hydrogens is 334 g/mol. The largest absolute Gasteiger partial charge is 0.481 e. The highest BCUT2D eigenvalue weighted by Crippen LogP contribution is 2.29. The smallest absolute Gasteiger partial charge is 0.387 e. The van der Waals surface area contributed by atoms with Crippen molar-refractivity contribution in [1.29, 1.82) is 0 Å². The maximum atomic E-state index is 12.3. The van der Waals surface area contributed by atoms with Gasteiger partial charge in [-0.3, -0.25) is 4.79 Å². The van der Waals surface area contributed by atoms with Crippen molar-refractivity contribution in [2.45, 2.75) is 19.5 Å². The average Bonchev–Trinajstić information content (AvgIpc) is 2.50. The first-order valence-corrected chi connectivity index (χ1v) is 7.27. The van der Waals surface area contributed by atoms with Crippen molar-refractivity contribution >= 4 is 29.3 Å². The van der Waals surface area contributed by atoms with Gasteiger partial charge < -0.3 is 20.1 Å². The van der Waals surface area contributed by atoms with Gasteiger partial charge in [-0.25, -0.2) is 4.79 Å². The second kappa shape index (κ2) is 7.45. The molecule has 1 fully saturated rings. The van der Waals surface area contributed by atoms with Gasteiger partial charge in [-0.05, 0) is 25.0 Å². The van der Waals surface area contributed by atoms with Crippen LogP contribution in [0.25, 0.3) is 0 Å². The van der Waals surface area contributed by atoms with Gasteiger partial charge in [0.05, 0.1) is 10.9 Å². The van der Waals surface area contributed by atoms with Crippen molar-refractivity contribution in [2.75, 3.05) is 18.4 Å². The maximum absolute atomic E-state index is 12.3. The maximum Gasteiger partial charge on any atom is 0.387 e. The summed E-state index contributed by atoms with van der Waals surface area (Å²) in [6.45, 7) is -2.49. The van der Waals surface area contributed by atoms with Crippen LogP contribution in [0.4, 0.5) is 19.3 Å². The van der Waals surface area contributed by atoms with Crippen LogP contribution in [0, 0.1) is 5.92 Å². The first-order valence-electron chi connectivity index (χ1n) is 6.90. The Labute approximate surface area is 136 Å². The van der Waals surface area contributed by atoms with E-state index in [0.29, 0.717) is 19.4 Å². The Morgan fingerprint density at radius 3 is 2.83 bits per heavy atom. The summed E-state index contributed by atoms with van der Waals surface area (Å²) >= 11 is 5.73. The van der Waals surface area contributed by atoms with Gasteiger partial charge in [0.1, 0.15) is 5.75 Å². The van der Waals surface area contributed by atoms with Crippen LogP contribution >= 0.6 is 11.6 Å². The Kier molecular flexibility index (Phi) is 5.59. The molecule has 0 bridgehead atoms. The lowest BCUT2D eigenvalue weighted by Gasteiger charge is -2.30. The Hall–Kier alpha value is -2.09. The van der Waals surface area contributed by atoms with Crippen LogP contribution in [0.1, 0.15) is 12.8 Å². The molecule has 1 aromatic rings. The number of piperidine rings is 1. The van der Waals surface area contributed by atoms with E-state index < -0.39 is 24.5 Å². The Morgan fingerprint density at radius 1 is 1.43 bits per heavy atom. The second-order valence-corrected chi connectivity index (χ2v) is 5.48. The zero-order valence-electron chi connectivity index (χ0n) is 12.0. The predicted molar refractivity (Wildman–Crippen MR) is 79.0 cm³/mol. The van der Waals surface area contributed by atoms with Crippen LogP contribution in [0.5, 0.6) is 5.75 Å². The number of anilines is 1. The van der Waals surface area contributed by atoms with Gasteiger partial charge in [0.25, 0.3) is 0 Å². The Bertz CT molecular complexity index is 600. The van der Waals surface area contributed by atoms with E-state index in [2.05, 4.69) is 10.1 Å². The van der Waals surface area contributed by atoms with Gasteiger partial charge in [-0.15, -0.1) is 0 Å². The van der Waals surface area contributed by atoms with Crippen LogP contribution in [-0.4, -0.2) is 41.7 Å². The predicted octanol–water partition coefficient (Wildman–Crippen LogP) is 3.27. The molecule has 1 aliphatic heterocycles. The van der Waals surface area contributed by atoms with E-state index in [1.807, 2.05) is 0 Å². The summed E-state index contributed by atoms with van der Waals surface area (Å²) < 4.78 is 28.8. The lowest BCUT2D eigenvalue weighted by atomic mass is 9.99. The molecule has 1 unspecified atom stereocenters. The van der Waals surface area contributed by atoms with Crippen LogP contribution in [0.15, 0.2) is 18.2 Å². The number of alkyl halides is 2. The minimum Gasteiger partial charge on any atom is -0.481 e. The lowest BCUT2D eigenvalue weighted by Crippen LogP contribution is -2.44. The molecular formula is C14H15ClF2N2O4. The van der Waals surface area contributed by atoms with Crippen molar-refractivity contribution < 1.29 is 28.2 Å². The Balaban J connectivity index is 2.03. The van der Waals surface area contributed by atoms with Crippen molar-refractivity contribution in [3.8, 4) is 5.75 Å². The molecule has 0 spiro atoms. The molecule has 0 aliphatic carbocycles. The third kappa shape index (κ3) is 4.69. The van der Waals surface area contributed by atoms with Crippen LogP contribution in [0.2, 0.25) is 5.02 Å². The summed E-state index contributed by atoms with van der Waals surface area (Å²) in [4.78, 5) is 24.5.